The minimum Gasteiger partial charge on any atom is -0.382 e. The van der Waals surface area contributed by atoms with Crippen LogP contribution in [0.4, 0.5) is 30.2 Å². The van der Waals surface area contributed by atoms with Gasteiger partial charge < -0.3 is 15.1 Å². The zero-order chi connectivity index (χ0) is 27.3. The summed E-state index contributed by atoms with van der Waals surface area (Å²) in [5, 5.41) is 14.7. The predicted molar refractivity (Wildman–Crippen MR) is 148 cm³/mol. The smallest absolute Gasteiger partial charge is 0.382 e. The van der Waals surface area contributed by atoms with E-state index < -0.39 is 22.4 Å². The van der Waals surface area contributed by atoms with E-state index in [4.69, 9.17) is 11.6 Å². The Labute approximate surface area is 232 Å². The van der Waals surface area contributed by atoms with Gasteiger partial charge in [0.1, 0.15) is 5.56 Å². The number of nitro benzene ring substituents is 1. The first-order chi connectivity index (χ1) is 18.1. The van der Waals surface area contributed by atoms with Crippen molar-refractivity contribution in [1.82, 2.24) is 4.90 Å². The maximum absolute atomic E-state index is 13.2. The maximum atomic E-state index is 13.2. The average molecular weight is 569 g/mol. The highest BCUT2D eigenvalue weighted by Crippen LogP contribution is 2.38. The highest BCUT2D eigenvalue weighted by atomic mass is 35.5. The molecule has 4 rings (SSSR count). The number of hydrogen-bond acceptors (Lipinski definition) is 5. The van der Waals surface area contributed by atoms with Gasteiger partial charge in [-0.25, -0.2) is 0 Å². The second-order valence-electron chi connectivity index (χ2n) is 10.1. The Morgan fingerprint density at radius 1 is 1.03 bits per heavy atom. The molecule has 0 aromatic heterocycles. The van der Waals surface area contributed by atoms with Gasteiger partial charge in [-0.05, 0) is 80.8 Å². The Kier molecular flexibility index (Phi) is 10.5. The van der Waals surface area contributed by atoms with E-state index in [0.29, 0.717) is 38.3 Å². The van der Waals surface area contributed by atoms with Gasteiger partial charge in [0.2, 0.25) is 5.91 Å². The maximum Gasteiger partial charge on any atom is 0.423 e. The van der Waals surface area contributed by atoms with Crippen molar-refractivity contribution in [1.29, 1.82) is 0 Å². The molecule has 1 amide bonds. The van der Waals surface area contributed by atoms with Gasteiger partial charge in [0, 0.05) is 61.1 Å². The zero-order valence-electron chi connectivity index (χ0n) is 21.1. The number of nitro groups is 1. The molecule has 0 unspecified atom stereocenters. The molecular weight excluding hydrogens is 533 g/mol. The molecule has 0 saturated carbocycles. The van der Waals surface area contributed by atoms with Crippen LogP contribution in [-0.2, 0) is 11.0 Å². The molecule has 2 saturated heterocycles. The van der Waals surface area contributed by atoms with Crippen LogP contribution in [0, 0.1) is 16.0 Å². The molecule has 0 atom stereocenters. The van der Waals surface area contributed by atoms with Gasteiger partial charge in [0.25, 0.3) is 5.69 Å². The summed E-state index contributed by atoms with van der Waals surface area (Å²) in [6.07, 6.45) is 0.988. The number of amides is 1. The highest BCUT2D eigenvalue weighted by molar-refractivity contribution is 6.30. The zero-order valence-corrected chi connectivity index (χ0v) is 21.8. The quantitative estimate of drug-likeness (QED) is 0.265. The Balaban J connectivity index is 0.00000420. The summed E-state index contributed by atoms with van der Waals surface area (Å²) >= 11 is 5.98. The van der Waals surface area contributed by atoms with Crippen LogP contribution in [0.25, 0.3) is 0 Å². The van der Waals surface area contributed by atoms with Crippen LogP contribution in [-0.4, -0.2) is 48.0 Å². The summed E-state index contributed by atoms with van der Waals surface area (Å²) in [6.45, 7) is 3.07. The highest BCUT2D eigenvalue weighted by Gasteiger charge is 2.38. The molecule has 214 valence electrons. The van der Waals surface area contributed by atoms with Gasteiger partial charge in [-0.2, -0.15) is 13.2 Å². The van der Waals surface area contributed by atoms with Crippen LogP contribution >= 0.6 is 11.6 Å². The largest absolute Gasteiger partial charge is 0.423 e. The fraction of sp³-hybridized carbons (Fsp3) is 0.536. The van der Waals surface area contributed by atoms with Crippen LogP contribution in [0.3, 0.4) is 0 Å². The number of benzene rings is 2. The first kappa shape index (κ1) is 30.5. The Morgan fingerprint density at radius 2 is 1.67 bits per heavy atom. The third kappa shape index (κ3) is 8.24. The number of rotatable bonds is 8. The van der Waals surface area contributed by atoms with E-state index in [1.807, 2.05) is 29.2 Å². The standard InChI is InChI=1S/C27H32ClF3N4O3.CH4/c28-20-4-7-23(8-5-20)33-14-10-19(11-15-33)2-1-3-26(36)34-16-12-21(13-17-34)32-22-6-9-25(35(37)38)24(18-22)27(29,30)31;/h4-9,18-19,21,32H,1-3,10-17H2;1H4. The summed E-state index contributed by atoms with van der Waals surface area (Å²) in [7, 11) is 0. The number of carbonyl (C=O) groups excluding carboxylic acids is 1. The van der Waals surface area contributed by atoms with E-state index in [-0.39, 0.29) is 25.1 Å². The van der Waals surface area contributed by atoms with Gasteiger partial charge >= 0.3 is 6.18 Å². The number of hydrogen-bond donors (Lipinski definition) is 1. The summed E-state index contributed by atoms with van der Waals surface area (Å²) in [6, 6.07) is 10.8. The number of piperidine rings is 2. The van der Waals surface area contributed by atoms with Gasteiger partial charge in [-0.1, -0.05) is 19.0 Å². The molecule has 2 aliphatic rings. The third-order valence-electron chi connectivity index (χ3n) is 7.53. The average Bonchev–Trinajstić information content (AvgIpc) is 2.89. The van der Waals surface area contributed by atoms with Gasteiger partial charge in [-0.15, -0.1) is 0 Å². The van der Waals surface area contributed by atoms with Crippen molar-refractivity contribution in [3.63, 3.8) is 0 Å². The lowest BCUT2D eigenvalue weighted by Crippen LogP contribution is -2.42. The van der Waals surface area contributed by atoms with E-state index in [9.17, 15) is 28.1 Å². The molecule has 2 fully saturated rings. The molecule has 0 aliphatic carbocycles. The summed E-state index contributed by atoms with van der Waals surface area (Å²) in [5.41, 5.74) is -0.851. The van der Waals surface area contributed by atoms with E-state index in [2.05, 4.69) is 10.2 Å². The number of anilines is 2. The molecular formula is C28H36ClF3N4O3. The van der Waals surface area contributed by atoms with E-state index in [1.165, 1.54) is 11.8 Å². The lowest BCUT2D eigenvalue weighted by atomic mass is 9.91. The molecule has 0 bridgehead atoms. The number of likely N-dealkylation sites (tertiary alicyclic amines) is 1. The number of alkyl halides is 3. The number of nitrogens with zero attached hydrogens (tertiary/aromatic N) is 3. The first-order valence-electron chi connectivity index (χ1n) is 13.0. The SMILES string of the molecule is C.O=C(CCCC1CCN(c2ccc(Cl)cc2)CC1)N1CCC(Nc2ccc([N+](=O)[O-])c(C(F)(F)F)c2)CC1. The fourth-order valence-corrected chi connectivity index (χ4v) is 5.48. The number of carbonyl (C=O) groups is 1. The Hall–Kier alpha value is -3.01. The van der Waals surface area contributed by atoms with Crippen molar-refractivity contribution in [3.8, 4) is 0 Å². The number of halogens is 4. The minimum atomic E-state index is -4.82. The van der Waals surface area contributed by atoms with E-state index in [1.54, 1.807) is 0 Å². The first-order valence-corrected chi connectivity index (χ1v) is 13.4. The normalized spacial score (nSPS) is 17.0. The van der Waals surface area contributed by atoms with Crippen LogP contribution < -0.4 is 10.2 Å². The van der Waals surface area contributed by atoms with Crippen LogP contribution in [0.15, 0.2) is 42.5 Å². The second kappa shape index (κ2) is 13.4. The van der Waals surface area contributed by atoms with Crippen LogP contribution in [0.5, 0.6) is 0 Å². The molecule has 2 aromatic rings. The van der Waals surface area contributed by atoms with Crippen molar-refractivity contribution < 1.29 is 22.9 Å². The lowest BCUT2D eigenvalue weighted by molar-refractivity contribution is -0.388. The van der Waals surface area contributed by atoms with Gasteiger partial charge in [0.05, 0.1) is 4.92 Å². The van der Waals surface area contributed by atoms with Crippen LogP contribution in [0.2, 0.25) is 5.02 Å². The molecule has 1 N–H and O–H groups in total. The molecule has 2 heterocycles. The second-order valence-corrected chi connectivity index (χ2v) is 10.5. The van der Waals surface area contributed by atoms with E-state index >= 15 is 0 Å². The summed E-state index contributed by atoms with van der Waals surface area (Å²) < 4.78 is 39.7. The van der Waals surface area contributed by atoms with Gasteiger partial charge in [-0.3, -0.25) is 14.9 Å². The summed E-state index contributed by atoms with van der Waals surface area (Å²) in [4.78, 5) is 26.9. The molecule has 2 aliphatic heterocycles. The molecule has 7 nitrogen and oxygen atoms in total. The molecule has 39 heavy (non-hydrogen) atoms. The van der Waals surface area contributed by atoms with Crippen molar-refractivity contribution >= 4 is 34.6 Å². The number of nitrogens with one attached hydrogen (secondary N) is 1. The Bertz CT molecular complexity index is 1110. The lowest BCUT2D eigenvalue weighted by Gasteiger charge is -2.34. The van der Waals surface area contributed by atoms with Crippen molar-refractivity contribution in [3.05, 3.63) is 63.2 Å². The van der Waals surface area contributed by atoms with Crippen molar-refractivity contribution in [2.24, 2.45) is 5.92 Å². The third-order valence-corrected chi connectivity index (χ3v) is 7.78. The Morgan fingerprint density at radius 3 is 2.26 bits per heavy atom. The van der Waals surface area contributed by atoms with Crippen molar-refractivity contribution in [2.45, 2.75) is 64.6 Å². The fourth-order valence-electron chi connectivity index (χ4n) is 5.35. The molecule has 2 aromatic carbocycles. The van der Waals surface area contributed by atoms with Crippen molar-refractivity contribution in [2.75, 3.05) is 36.4 Å². The minimum absolute atomic E-state index is 0. The van der Waals surface area contributed by atoms with Crippen LogP contribution in [0.1, 0.15) is 57.9 Å². The molecule has 0 spiro atoms. The monoisotopic (exact) mass is 568 g/mol. The topological polar surface area (TPSA) is 78.7 Å². The van der Waals surface area contributed by atoms with Gasteiger partial charge in [0.15, 0.2) is 0 Å². The predicted octanol–water partition coefficient (Wildman–Crippen LogP) is 7.39. The summed E-state index contributed by atoms with van der Waals surface area (Å²) in [5.74, 6) is 0.737. The molecule has 0 radical (unpaired) electrons. The molecule has 11 heteroatoms. The van der Waals surface area contributed by atoms with E-state index in [0.717, 1.165) is 55.9 Å².